The number of benzene rings is 3. The monoisotopic (exact) mass is 610 g/mol. The topological polar surface area (TPSA) is 109 Å². The molecule has 3 amide bonds. The Balaban J connectivity index is 1.30. The average Bonchev–Trinajstić information content (AvgIpc) is 3.38. The number of aromatic nitrogens is 1. The lowest BCUT2D eigenvalue weighted by molar-refractivity contribution is -0.137. The normalized spacial score (nSPS) is 11.5. The van der Waals surface area contributed by atoms with Crippen LogP contribution >= 0.6 is 11.3 Å². The summed E-state index contributed by atoms with van der Waals surface area (Å²) < 4.78 is 44.1. The van der Waals surface area contributed by atoms with Crippen molar-refractivity contribution >= 4 is 40.1 Å². The molecule has 4 aromatic rings. The Morgan fingerprint density at radius 2 is 1.53 bits per heavy atom. The van der Waals surface area contributed by atoms with Gasteiger partial charge in [-0.2, -0.15) is 13.2 Å². The predicted molar refractivity (Wildman–Crippen MR) is 159 cm³/mol. The molecule has 0 saturated heterocycles. The van der Waals surface area contributed by atoms with Gasteiger partial charge in [0.1, 0.15) is 5.60 Å². The van der Waals surface area contributed by atoms with Crippen LogP contribution in [0.25, 0.3) is 11.1 Å². The molecule has 0 spiro atoms. The Labute approximate surface area is 250 Å². The number of amides is 3. The summed E-state index contributed by atoms with van der Waals surface area (Å²) in [6.07, 6.45) is -4.60. The van der Waals surface area contributed by atoms with E-state index in [-0.39, 0.29) is 11.5 Å². The highest BCUT2D eigenvalue weighted by atomic mass is 32.1. The van der Waals surface area contributed by atoms with E-state index < -0.39 is 29.3 Å². The van der Waals surface area contributed by atoms with Gasteiger partial charge in [0.15, 0.2) is 5.13 Å². The molecule has 1 aromatic heterocycles. The summed E-state index contributed by atoms with van der Waals surface area (Å²) in [5, 5.41) is 10.3. The summed E-state index contributed by atoms with van der Waals surface area (Å²) in [7, 11) is 0. The van der Waals surface area contributed by atoms with E-state index in [0.717, 1.165) is 12.1 Å². The maximum Gasteiger partial charge on any atom is 0.416 e. The maximum absolute atomic E-state index is 13.0. The highest BCUT2D eigenvalue weighted by Gasteiger charge is 2.30. The van der Waals surface area contributed by atoms with Crippen LogP contribution in [0.15, 0.2) is 78.2 Å². The van der Waals surface area contributed by atoms with Crippen molar-refractivity contribution in [3.8, 4) is 11.1 Å². The number of rotatable bonds is 8. The summed E-state index contributed by atoms with van der Waals surface area (Å²) in [6.45, 7) is 5.61. The second-order valence-electron chi connectivity index (χ2n) is 10.4. The number of carbonyl (C=O) groups excluding carboxylic acids is 3. The van der Waals surface area contributed by atoms with Crippen molar-refractivity contribution in [2.75, 3.05) is 17.2 Å². The van der Waals surface area contributed by atoms with Gasteiger partial charge in [-0.05, 0) is 74.4 Å². The number of thiazole rings is 1. The molecule has 0 saturated carbocycles. The van der Waals surface area contributed by atoms with Crippen molar-refractivity contribution in [2.24, 2.45) is 0 Å². The zero-order chi connectivity index (χ0) is 31.2. The molecule has 3 aromatic carbocycles. The van der Waals surface area contributed by atoms with Crippen LogP contribution in [0.5, 0.6) is 0 Å². The molecule has 0 aliphatic heterocycles. The van der Waals surface area contributed by atoms with Crippen molar-refractivity contribution in [2.45, 2.75) is 39.0 Å². The molecule has 0 bridgehead atoms. The van der Waals surface area contributed by atoms with Gasteiger partial charge in [0.25, 0.3) is 11.8 Å². The first-order chi connectivity index (χ1) is 20.3. The van der Waals surface area contributed by atoms with Crippen LogP contribution in [-0.4, -0.2) is 35.0 Å². The lowest BCUT2D eigenvalue weighted by atomic mass is 9.98. The van der Waals surface area contributed by atoms with Crippen LogP contribution in [-0.2, 0) is 17.3 Å². The van der Waals surface area contributed by atoms with Crippen molar-refractivity contribution in [3.63, 3.8) is 0 Å². The summed E-state index contributed by atoms with van der Waals surface area (Å²) in [5.41, 5.74) is 1.37. The minimum Gasteiger partial charge on any atom is -0.444 e. The predicted octanol–water partition coefficient (Wildman–Crippen LogP) is 7.40. The molecule has 8 nitrogen and oxygen atoms in total. The molecule has 0 radical (unpaired) electrons. The Morgan fingerprint density at radius 3 is 2.19 bits per heavy atom. The summed E-state index contributed by atoms with van der Waals surface area (Å²) in [6, 6.07) is 17.5. The van der Waals surface area contributed by atoms with Gasteiger partial charge >= 0.3 is 12.3 Å². The van der Waals surface area contributed by atoms with Crippen LogP contribution in [0.4, 0.5) is 28.8 Å². The van der Waals surface area contributed by atoms with Crippen molar-refractivity contribution < 1.29 is 32.3 Å². The number of nitrogens with one attached hydrogen (secondary N) is 3. The minimum absolute atomic E-state index is 0.288. The van der Waals surface area contributed by atoms with Crippen LogP contribution in [0, 0.1) is 0 Å². The molecular weight excluding hydrogens is 581 g/mol. The third-order valence-corrected chi connectivity index (χ3v) is 6.73. The van der Waals surface area contributed by atoms with Crippen LogP contribution in [0.1, 0.15) is 52.7 Å². The first kappa shape index (κ1) is 31.2. The smallest absolute Gasteiger partial charge is 0.416 e. The number of halogens is 3. The molecule has 0 unspecified atom stereocenters. The number of hydrogen-bond acceptors (Lipinski definition) is 6. The van der Waals surface area contributed by atoms with E-state index in [0.29, 0.717) is 46.2 Å². The largest absolute Gasteiger partial charge is 0.444 e. The summed E-state index contributed by atoms with van der Waals surface area (Å²) >= 11 is 1.25. The average molecular weight is 611 g/mol. The van der Waals surface area contributed by atoms with Gasteiger partial charge in [-0.15, -0.1) is 11.3 Å². The molecule has 43 heavy (non-hydrogen) atoms. The fourth-order valence-corrected chi connectivity index (χ4v) is 4.68. The highest BCUT2D eigenvalue weighted by molar-refractivity contribution is 7.13. The lowest BCUT2D eigenvalue weighted by Gasteiger charge is -2.18. The molecule has 3 N–H and O–H groups in total. The highest BCUT2D eigenvalue weighted by Crippen LogP contribution is 2.32. The minimum atomic E-state index is -4.45. The van der Waals surface area contributed by atoms with Gasteiger partial charge in [0.2, 0.25) is 0 Å². The van der Waals surface area contributed by atoms with Crippen molar-refractivity contribution in [3.05, 3.63) is 101 Å². The summed E-state index contributed by atoms with van der Waals surface area (Å²) in [5.74, 6) is -0.760. The van der Waals surface area contributed by atoms with Gasteiger partial charge in [-0.1, -0.05) is 30.3 Å². The number of anilines is 2. The maximum atomic E-state index is 13.0. The molecule has 12 heteroatoms. The van der Waals surface area contributed by atoms with Gasteiger partial charge in [0.05, 0.1) is 11.3 Å². The molecule has 1 heterocycles. The first-order valence-corrected chi connectivity index (χ1v) is 14.1. The molecule has 0 aliphatic rings. The Morgan fingerprint density at radius 1 is 0.860 bits per heavy atom. The SMILES string of the molecule is CC(C)(C)OC(=O)Nc1nc(CCNC(=O)c2ccc(NC(=O)c3ccccc3-c3ccc(C(F)(F)F)cc3)cc2)cs1. The van der Waals surface area contributed by atoms with E-state index in [1.807, 2.05) is 0 Å². The third kappa shape index (κ3) is 8.89. The molecule has 0 aliphatic carbocycles. The van der Waals surface area contributed by atoms with Gasteiger partial charge in [0, 0.05) is 35.2 Å². The van der Waals surface area contributed by atoms with Crippen molar-refractivity contribution in [1.29, 1.82) is 0 Å². The lowest BCUT2D eigenvalue weighted by Crippen LogP contribution is -2.27. The van der Waals surface area contributed by atoms with Gasteiger partial charge in [-0.25, -0.2) is 9.78 Å². The first-order valence-electron chi connectivity index (χ1n) is 13.2. The molecule has 4 rings (SSSR count). The second-order valence-corrected chi connectivity index (χ2v) is 11.3. The number of nitrogens with zero attached hydrogens (tertiary/aromatic N) is 1. The van der Waals surface area contributed by atoms with E-state index in [9.17, 15) is 27.6 Å². The summed E-state index contributed by atoms with van der Waals surface area (Å²) in [4.78, 5) is 41.9. The van der Waals surface area contributed by atoms with E-state index >= 15 is 0 Å². The Hall–Kier alpha value is -4.71. The van der Waals surface area contributed by atoms with E-state index in [2.05, 4.69) is 20.9 Å². The molecular formula is C31H29F3N4O4S. The third-order valence-electron chi connectivity index (χ3n) is 5.93. The number of hydrogen-bond donors (Lipinski definition) is 3. The number of alkyl halides is 3. The fraction of sp³-hybridized carbons (Fsp3) is 0.226. The molecule has 224 valence electrons. The quantitative estimate of drug-likeness (QED) is 0.193. The van der Waals surface area contributed by atoms with Crippen LogP contribution in [0.2, 0.25) is 0 Å². The molecule has 0 fully saturated rings. The Kier molecular flexibility index (Phi) is 9.50. The van der Waals surface area contributed by atoms with Gasteiger partial charge in [-0.3, -0.25) is 14.9 Å². The second kappa shape index (κ2) is 13.1. The van der Waals surface area contributed by atoms with E-state index in [1.54, 1.807) is 74.7 Å². The van der Waals surface area contributed by atoms with Gasteiger partial charge < -0.3 is 15.4 Å². The standard InChI is InChI=1S/C31H29F3N4O4S/c1-30(2,3)42-29(41)38-28-37-23(18-43-28)16-17-35-26(39)20-10-14-22(15-11-20)36-27(40)25-7-5-4-6-24(25)19-8-12-21(13-9-19)31(32,33)34/h4-15,18H,16-17H2,1-3H3,(H,35,39)(H,36,40)(H,37,38,41). The van der Waals surface area contributed by atoms with E-state index in [1.165, 1.54) is 23.5 Å². The molecule has 0 atom stereocenters. The fourth-order valence-electron chi connectivity index (χ4n) is 3.95. The number of ether oxygens (including phenoxy) is 1. The zero-order valence-corrected chi connectivity index (χ0v) is 24.4. The number of carbonyl (C=O) groups is 3. The zero-order valence-electron chi connectivity index (χ0n) is 23.5. The van der Waals surface area contributed by atoms with Crippen LogP contribution < -0.4 is 16.0 Å². The Bertz CT molecular complexity index is 1600. The van der Waals surface area contributed by atoms with Crippen LogP contribution in [0.3, 0.4) is 0 Å². The van der Waals surface area contributed by atoms with E-state index in [4.69, 9.17) is 4.74 Å². The van der Waals surface area contributed by atoms with Crippen molar-refractivity contribution in [1.82, 2.24) is 10.3 Å².